The monoisotopic (exact) mass is 430 g/mol. The second-order valence-corrected chi connectivity index (χ2v) is 10.8. The molecule has 10 heteroatoms. The molecule has 0 spiro atoms. The van der Waals surface area contributed by atoms with Gasteiger partial charge in [0.15, 0.2) is 9.84 Å². The average Bonchev–Trinajstić information content (AvgIpc) is 2.88. The predicted molar refractivity (Wildman–Crippen MR) is 106 cm³/mol. The normalized spacial score (nSPS) is 21.4. The van der Waals surface area contributed by atoms with Gasteiger partial charge in [0.05, 0.1) is 35.1 Å². The van der Waals surface area contributed by atoms with E-state index in [4.69, 9.17) is 4.74 Å². The van der Waals surface area contributed by atoms with Gasteiger partial charge in [0.2, 0.25) is 10.0 Å². The van der Waals surface area contributed by atoms with E-state index in [0.29, 0.717) is 0 Å². The van der Waals surface area contributed by atoms with E-state index in [2.05, 4.69) is 11.9 Å². The third-order valence-electron chi connectivity index (χ3n) is 4.67. The summed E-state index contributed by atoms with van der Waals surface area (Å²) in [6.07, 6.45) is 0.613. The number of hydrogen-bond donors (Lipinski definition) is 1. The fourth-order valence-corrected chi connectivity index (χ4v) is 6.86. The summed E-state index contributed by atoms with van der Waals surface area (Å²) in [7, 11) is -7.55. The van der Waals surface area contributed by atoms with E-state index in [1.54, 1.807) is 26.0 Å². The van der Waals surface area contributed by atoms with Gasteiger partial charge >= 0.3 is 6.09 Å². The Hall–Kier alpha value is -1.91. The van der Waals surface area contributed by atoms with Gasteiger partial charge in [-0.3, -0.25) is 0 Å². The molecule has 1 aliphatic rings. The van der Waals surface area contributed by atoms with Crippen LogP contribution in [-0.2, 0) is 24.6 Å². The molecular formula is C18H26N2O6S2. The van der Waals surface area contributed by atoms with Crippen molar-refractivity contribution in [3.05, 3.63) is 42.0 Å². The summed E-state index contributed by atoms with van der Waals surface area (Å²) in [6.45, 7) is 8.92. The van der Waals surface area contributed by atoms with E-state index in [1.165, 1.54) is 12.1 Å². The van der Waals surface area contributed by atoms with Gasteiger partial charge in [-0.25, -0.2) is 21.6 Å². The number of aryl methyl sites for hydroxylation is 2. The zero-order valence-corrected chi connectivity index (χ0v) is 17.8. The van der Waals surface area contributed by atoms with Crippen LogP contribution in [-0.4, -0.2) is 64.0 Å². The SMILES string of the molecule is C=CCN([C@@H]1CS(=O)(=O)C[C@H]1NC(=O)OCC)S(=O)(=O)c1ccc(C)c(C)c1. The molecule has 0 radical (unpaired) electrons. The number of carbonyl (C=O) groups is 1. The lowest BCUT2D eigenvalue weighted by Gasteiger charge is -2.30. The molecule has 0 saturated carbocycles. The van der Waals surface area contributed by atoms with Crippen LogP contribution >= 0.6 is 0 Å². The molecule has 0 aliphatic carbocycles. The summed E-state index contributed by atoms with van der Waals surface area (Å²) >= 11 is 0. The van der Waals surface area contributed by atoms with Gasteiger partial charge in [-0.2, -0.15) is 4.31 Å². The maximum Gasteiger partial charge on any atom is 0.407 e. The number of amides is 1. The fourth-order valence-electron chi connectivity index (χ4n) is 3.12. The summed E-state index contributed by atoms with van der Waals surface area (Å²) in [5, 5.41) is 2.49. The summed E-state index contributed by atoms with van der Waals surface area (Å²) in [4.78, 5) is 11.9. The zero-order chi connectivity index (χ0) is 21.1. The van der Waals surface area contributed by atoms with Crippen molar-refractivity contribution in [3.8, 4) is 0 Å². The second kappa shape index (κ2) is 8.62. The number of nitrogens with zero attached hydrogens (tertiary/aromatic N) is 1. The maximum atomic E-state index is 13.3. The van der Waals surface area contributed by atoms with Gasteiger partial charge in [0.1, 0.15) is 0 Å². The van der Waals surface area contributed by atoms with Crippen LogP contribution in [0, 0.1) is 13.8 Å². The number of carbonyl (C=O) groups excluding carboxylic acids is 1. The molecule has 0 bridgehead atoms. The van der Waals surface area contributed by atoms with Crippen LogP contribution in [0.5, 0.6) is 0 Å². The molecule has 1 aromatic rings. The Bertz CT molecular complexity index is 956. The Morgan fingerprint density at radius 2 is 2.00 bits per heavy atom. The lowest BCUT2D eigenvalue weighted by Crippen LogP contribution is -2.53. The van der Waals surface area contributed by atoms with Crippen molar-refractivity contribution in [2.45, 2.75) is 37.8 Å². The van der Waals surface area contributed by atoms with E-state index < -0.39 is 38.0 Å². The molecule has 8 nitrogen and oxygen atoms in total. The van der Waals surface area contributed by atoms with E-state index in [1.807, 2.05) is 6.92 Å². The first-order chi connectivity index (χ1) is 13.0. The van der Waals surface area contributed by atoms with Crippen LogP contribution in [0.15, 0.2) is 35.7 Å². The number of alkyl carbamates (subject to hydrolysis) is 1. The number of benzene rings is 1. The molecule has 1 aliphatic heterocycles. The largest absolute Gasteiger partial charge is 0.450 e. The van der Waals surface area contributed by atoms with Crippen LogP contribution in [0.25, 0.3) is 0 Å². The minimum atomic E-state index is -4.01. The van der Waals surface area contributed by atoms with Crippen LogP contribution in [0.4, 0.5) is 4.79 Å². The smallest absolute Gasteiger partial charge is 0.407 e. The van der Waals surface area contributed by atoms with Gasteiger partial charge in [0, 0.05) is 6.54 Å². The van der Waals surface area contributed by atoms with Crippen molar-refractivity contribution < 1.29 is 26.4 Å². The highest BCUT2D eigenvalue weighted by Gasteiger charge is 2.46. The second-order valence-electron chi connectivity index (χ2n) is 6.73. The minimum Gasteiger partial charge on any atom is -0.450 e. The third-order valence-corrected chi connectivity index (χ3v) is 8.27. The molecule has 28 heavy (non-hydrogen) atoms. The van der Waals surface area contributed by atoms with Crippen LogP contribution < -0.4 is 5.32 Å². The van der Waals surface area contributed by atoms with Crippen LogP contribution in [0.3, 0.4) is 0 Å². The van der Waals surface area contributed by atoms with E-state index in [9.17, 15) is 21.6 Å². The van der Waals surface area contributed by atoms with Crippen molar-refractivity contribution in [1.29, 1.82) is 0 Å². The first-order valence-corrected chi connectivity index (χ1v) is 12.1. The van der Waals surface area contributed by atoms with E-state index in [0.717, 1.165) is 15.4 Å². The van der Waals surface area contributed by atoms with Gasteiger partial charge in [-0.15, -0.1) is 6.58 Å². The molecule has 1 heterocycles. The number of hydrogen-bond acceptors (Lipinski definition) is 6. The third kappa shape index (κ3) is 4.92. The lowest BCUT2D eigenvalue weighted by atomic mass is 10.1. The number of sulfonamides is 1. The quantitative estimate of drug-likeness (QED) is 0.655. The topological polar surface area (TPSA) is 110 Å². The van der Waals surface area contributed by atoms with Crippen molar-refractivity contribution in [2.75, 3.05) is 24.7 Å². The summed E-state index contributed by atoms with van der Waals surface area (Å²) in [6, 6.07) is 2.88. The first kappa shape index (κ1) is 22.4. The lowest BCUT2D eigenvalue weighted by molar-refractivity contribution is 0.145. The van der Waals surface area contributed by atoms with Gasteiger partial charge in [-0.1, -0.05) is 12.1 Å². The molecule has 2 rings (SSSR count). The van der Waals surface area contributed by atoms with Crippen molar-refractivity contribution in [3.63, 3.8) is 0 Å². The van der Waals surface area contributed by atoms with Gasteiger partial charge < -0.3 is 10.1 Å². The standard InChI is InChI=1S/C18H26N2O6S2/c1-5-9-20(28(24,25)15-8-7-13(3)14(4)10-15)17-12-27(22,23)11-16(17)19-18(21)26-6-2/h5,7-8,10,16-17H,1,6,9,11-12H2,2-4H3,(H,19,21)/t16-,17-/m1/s1. The number of sulfone groups is 1. The highest BCUT2D eigenvalue weighted by Crippen LogP contribution is 2.26. The number of rotatable bonds is 7. The Morgan fingerprint density at radius 3 is 2.57 bits per heavy atom. The maximum absolute atomic E-state index is 13.3. The van der Waals surface area contributed by atoms with Gasteiger partial charge in [0.25, 0.3) is 0 Å². The molecule has 1 aromatic carbocycles. The zero-order valence-electron chi connectivity index (χ0n) is 16.2. The summed E-state index contributed by atoms with van der Waals surface area (Å²) < 4.78 is 56.9. The molecule has 2 atom stereocenters. The summed E-state index contributed by atoms with van der Waals surface area (Å²) in [5.41, 5.74) is 1.75. The molecule has 156 valence electrons. The van der Waals surface area contributed by atoms with Crippen LogP contribution in [0.2, 0.25) is 0 Å². The molecule has 1 saturated heterocycles. The Morgan fingerprint density at radius 1 is 1.32 bits per heavy atom. The molecule has 0 aromatic heterocycles. The molecular weight excluding hydrogens is 404 g/mol. The van der Waals surface area contributed by atoms with Crippen molar-refractivity contribution in [2.24, 2.45) is 0 Å². The highest BCUT2D eigenvalue weighted by molar-refractivity contribution is 7.92. The Labute approximate surface area is 166 Å². The number of nitrogens with one attached hydrogen (secondary N) is 1. The fraction of sp³-hybridized carbons (Fsp3) is 0.500. The summed E-state index contributed by atoms with van der Waals surface area (Å²) in [5.74, 6) is -0.742. The average molecular weight is 431 g/mol. The van der Waals surface area contributed by atoms with Gasteiger partial charge in [-0.05, 0) is 44.0 Å². The van der Waals surface area contributed by atoms with E-state index in [-0.39, 0.29) is 29.6 Å². The molecule has 0 unspecified atom stereocenters. The van der Waals surface area contributed by atoms with Crippen molar-refractivity contribution in [1.82, 2.24) is 9.62 Å². The highest BCUT2D eigenvalue weighted by atomic mass is 32.2. The molecule has 1 fully saturated rings. The molecule has 1 amide bonds. The molecule has 1 N–H and O–H groups in total. The Balaban J connectivity index is 2.45. The first-order valence-electron chi connectivity index (χ1n) is 8.85. The Kier molecular flexibility index (Phi) is 6.89. The van der Waals surface area contributed by atoms with E-state index >= 15 is 0 Å². The number of ether oxygens (including phenoxy) is 1. The van der Waals surface area contributed by atoms with Crippen LogP contribution in [0.1, 0.15) is 18.1 Å². The minimum absolute atomic E-state index is 0.0663. The predicted octanol–water partition coefficient (Wildman–Crippen LogP) is 1.39. The van der Waals surface area contributed by atoms with Crippen molar-refractivity contribution >= 4 is 26.0 Å².